The fourth-order valence-electron chi connectivity index (χ4n) is 2.91. The molecule has 6 nitrogen and oxygen atoms in total. The number of rotatable bonds is 4. The highest BCUT2D eigenvalue weighted by Crippen LogP contribution is 2.24. The van der Waals surface area contributed by atoms with Crippen LogP contribution in [0.3, 0.4) is 0 Å². The van der Waals surface area contributed by atoms with Crippen molar-refractivity contribution in [3.05, 3.63) is 36.0 Å². The minimum absolute atomic E-state index is 0.0803. The molecule has 122 valence electrons. The first kappa shape index (κ1) is 15.6. The summed E-state index contributed by atoms with van der Waals surface area (Å²) in [6, 6.07) is 7.76. The molecule has 1 aromatic heterocycles. The highest BCUT2D eigenvalue weighted by atomic mass is 16.5. The zero-order valence-electron chi connectivity index (χ0n) is 13.4. The Labute approximate surface area is 135 Å². The van der Waals surface area contributed by atoms with E-state index in [2.05, 4.69) is 27.8 Å². The van der Waals surface area contributed by atoms with Crippen molar-refractivity contribution in [1.29, 1.82) is 0 Å². The molecule has 0 bridgehead atoms. The number of nitrogens with zero attached hydrogens (tertiary/aromatic N) is 1. The van der Waals surface area contributed by atoms with Crippen molar-refractivity contribution in [3.8, 4) is 17.0 Å². The minimum Gasteiger partial charge on any atom is -0.497 e. The first-order valence-corrected chi connectivity index (χ1v) is 7.88. The Bertz CT molecular complexity index is 665. The van der Waals surface area contributed by atoms with Gasteiger partial charge in [0.25, 0.3) is 5.91 Å². The van der Waals surface area contributed by atoms with Crippen LogP contribution in [0.4, 0.5) is 0 Å². The van der Waals surface area contributed by atoms with Crippen LogP contribution >= 0.6 is 0 Å². The second-order valence-corrected chi connectivity index (χ2v) is 5.94. The van der Waals surface area contributed by atoms with Crippen LogP contribution in [-0.2, 0) is 0 Å². The van der Waals surface area contributed by atoms with Crippen molar-refractivity contribution in [2.75, 3.05) is 20.2 Å². The number of benzene rings is 1. The van der Waals surface area contributed by atoms with E-state index in [1.54, 1.807) is 13.3 Å². The van der Waals surface area contributed by atoms with Crippen LogP contribution in [0.5, 0.6) is 5.75 Å². The van der Waals surface area contributed by atoms with Gasteiger partial charge in [0.2, 0.25) is 0 Å². The Hall–Kier alpha value is -2.34. The van der Waals surface area contributed by atoms with Crippen LogP contribution in [-0.4, -0.2) is 42.3 Å². The molecule has 1 aromatic carbocycles. The smallest absolute Gasteiger partial charge is 0.255 e. The molecule has 3 N–H and O–H groups in total. The summed E-state index contributed by atoms with van der Waals surface area (Å²) in [6.07, 6.45) is 2.53. The van der Waals surface area contributed by atoms with Crippen LogP contribution in [0.15, 0.2) is 30.5 Å². The maximum Gasteiger partial charge on any atom is 0.255 e. The molecule has 6 heteroatoms. The Morgan fingerprint density at radius 2 is 2.13 bits per heavy atom. The zero-order valence-corrected chi connectivity index (χ0v) is 13.4. The predicted molar refractivity (Wildman–Crippen MR) is 88.5 cm³/mol. The lowest BCUT2D eigenvalue weighted by atomic mass is 9.95. The van der Waals surface area contributed by atoms with Crippen LogP contribution in [0.25, 0.3) is 11.3 Å². The largest absolute Gasteiger partial charge is 0.497 e. The second-order valence-electron chi connectivity index (χ2n) is 5.94. The van der Waals surface area contributed by atoms with Gasteiger partial charge in [-0.05, 0) is 49.7 Å². The van der Waals surface area contributed by atoms with E-state index in [0.29, 0.717) is 11.5 Å². The summed E-state index contributed by atoms with van der Waals surface area (Å²) in [5.74, 6) is 1.12. The maximum absolute atomic E-state index is 12.6. The maximum atomic E-state index is 12.6. The van der Waals surface area contributed by atoms with Crippen molar-refractivity contribution in [2.24, 2.45) is 5.92 Å². The number of carbonyl (C=O) groups excluding carboxylic acids is 1. The normalized spacial score (nSPS) is 21.0. The molecule has 0 aliphatic carbocycles. The van der Waals surface area contributed by atoms with Gasteiger partial charge in [0.05, 0.1) is 24.6 Å². The van der Waals surface area contributed by atoms with E-state index in [4.69, 9.17) is 4.74 Å². The molecule has 0 saturated carbocycles. The fourth-order valence-corrected chi connectivity index (χ4v) is 2.91. The number of ether oxygens (including phenoxy) is 1. The second kappa shape index (κ2) is 6.83. The van der Waals surface area contributed by atoms with Gasteiger partial charge >= 0.3 is 0 Å². The van der Waals surface area contributed by atoms with Gasteiger partial charge in [0, 0.05) is 11.6 Å². The number of hydrogen-bond acceptors (Lipinski definition) is 4. The first-order valence-electron chi connectivity index (χ1n) is 7.88. The molecule has 2 aromatic rings. The average Bonchev–Trinajstić information content (AvgIpc) is 3.07. The van der Waals surface area contributed by atoms with Gasteiger partial charge in [0.15, 0.2) is 0 Å². The van der Waals surface area contributed by atoms with Crippen molar-refractivity contribution >= 4 is 5.91 Å². The Kier molecular flexibility index (Phi) is 4.62. The predicted octanol–water partition coefficient (Wildman–Crippen LogP) is 1.81. The topological polar surface area (TPSA) is 79.0 Å². The number of piperidine rings is 1. The monoisotopic (exact) mass is 314 g/mol. The summed E-state index contributed by atoms with van der Waals surface area (Å²) >= 11 is 0. The Balaban J connectivity index is 1.78. The van der Waals surface area contributed by atoms with Gasteiger partial charge in [-0.2, -0.15) is 5.10 Å². The number of H-pyrrole nitrogens is 1. The summed E-state index contributed by atoms with van der Waals surface area (Å²) in [5.41, 5.74) is 2.21. The van der Waals surface area contributed by atoms with E-state index in [0.717, 1.165) is 36.5 Å². The zero-order chi connectivity index (χ0) is 16.2. The first-order chi connectivity index (χ1) is 11.2. The van der Waals surface area contributed by atoms with E-state index >= 15 is 0 Å². The molecule has 23 heavy (non-hydrogen) atoms. The van der Waals surface area contributed by atoms with Gasteiger partial charge < -0.3 is 15.4 Å². The third-order valence-corrected chi connectivity index (χ3v) is 4.36. The van der Waals surface area contributed by atoms with Crippen molar-refractivity contribution < 1.29 is 9.53 Å². The molecular weight excluding hydrogens is 292 g/mol. The number of nitrogens with one attached hydrogen (secondary N) is 3. The molecule has 1 fully saturated rings. The van der Waals surface area contributed by atoms with E-state index in [1.807, 2.05) is 24.3 Å². The number of aromatic nitrogens is 2. The van der Waals surface area contributed by atoms with Crippen molar-refractivity contribution in [2.45, 2.75) is 19.4 Å². The molecule has 2 atom stereocenters. The van der Waals surface area contributed by atoms with Crippen molar-refractivity contribution in [3.63, 3.8) is 0 Å². The lowest BCUT2D eigenvalue weighted by Gasteiger charge is -2.30. The molecule has 3 rings (SSSR count). The lowest BCUT2D eigenvalue weighted by Crippen LogP contribution is -2.48. The third kappa shape index (κ3) is 3.37. The van der Waals surface area contributed by atoms with E-state index < -0.39 is 0 Å². The van der Waals surface area contributed by atoms with E-state index in [1.165, 1.54) is 0 Å². The minimum atomic E-state index is -0.0803. The Morgan fingerprint density at radius 3 is 2.83 bits per heavy atom. The molecule has 2 heterocycles. The quantitative estimate of drug-likeness (QED) is 0.804. The molecule has 1 saturated heterocycles. The summed E-state index contributed by atoms with van der Waals surface area (Å²) in [4.78, 5) is 12.6. The van der Waals surface area contributed by atoms with Gasteiger partial charge in [0.1, 0.15) is 5.75 Å². The SMILES string of the molecule is COc1ccc(-c2[nH]ncc2C(=O)NC2CCNCC2C)cc1. The molecule has 1 aliphatic rings. The standard InChI is InChI=1S/C17H22N4O2/c1-11-9-18-8-7-15(11)20-17(22)14-10-19-21-16(14)12-3-5-13(23-2)6-4-12/h3-6,10-11,15,18H,7-9H2,1-2H3,(H,19,21)(H,20,22). The van der Waals surface area contributed by atoms with Crippen LogP contribution < -0.4 is 15.4 Å². The number of methoxy groups -OCH3 is 1. The van der Waals surface area contributed by atoms with Gasteiger partial charge in [-0.3, -0.25) is 9.89 Å². The summed E-state index contributed by atoms with van der Waals surface area (Å²) in [5, 5.41) is 13.4. The van der Waals surface area contributed by atoms with Crippen LogP contribution in [0.1, 0.15) is 23.7 Å². The van der Waals surface area contributed by atoms with Gasteiger partial charge in [-0.15, -0.1) is 0 Å². The highest BCUT2D eigenvalue weighted by molar-refractivity contribution is 5.99. The lowest BCUT2D eigenvalue weighted by molar-refractivity contribution is 0.0915. The molecular formula is C17H22N4O2. The number of aromatic amines is 1. The van der Waals surface area contributed by atoms with Gasteiger partial charge in [-0.1, -0.05) is 6.92 Å². The van der Waals surface area contributed by atoms with Crippen LogP contribution in [0.2, 0.25) is 0 Å². The molecule has 1 amide bonds. The van der Waals surface area contributed by atoms with Crippen molar-refractivity contribution in [1.82, 2.24) is 20.8 Å². The van der Waals surface area contributed by atoms with E-state index in [9.17, 15) is 4.79 Å². The molecule has 0 radical (unpaired) electrons. The van der Waals surface area contributed by atoms with E-state index in [-0.39, 0.29) is 11.9 Å². The summed E-state index contributed by atoms with van der Waals surface area (Å²) in [6.45, 7) is 4.02. The molecule has 1 aliphatic heterocycles. The average molecular weight is 314 g/mol. The fraction of sp³-hybridized carbons (Fsp3) is 0.412. The molecule has 0 spiro atoms. The number of amides is 1. The number of carbonyl (C=O) groups is 1. The third-order valence-electron chi connectivity index (χ3n) is 4.36. The van der Waals surface area contributed by atoms with Gasteiger partial charge in [-0.25, -0.2) is 0 Å². The number of hydrogen-bond donors (Lipinski definition) is 3. The molecule has 2 unspecified atom stereocenters. The Morgan fingerprint density at radius 1 is 1.35 bits per heavy atom. The highest BCUT2D eigenvalue weighted by Gasteiger charge is 2.24. The van der Waals surface area contributed by atoms with Crippen LogP contribution in [0, 0.1) is 5.92 Å². The summed E-state index contributed by atoms with van der Waals surface area (Å²) < 4.78 is 5.17. The summed E-state index contributed by atoms with van der Waals surface area (Å²) in [7, 11) is 1.63.